The lowest BCUT2D eigenvalue weighted by molar-refractivity contribution is 0.00976. The van der Waals surface area contributed by atoms with E-state index in [0.29, 0.717) is 12.8 Å². The van der Waals surface area contributed by atoms with Gasteiger partial charge < -0.3 is 19.9 Å². The lowest BCUT2D eigenvalue weighted by Gasteiger charge is -2.21. The smallest absolute Gasteiger partial charge is 0.407 e. The molecule has 5 heteroatoms. The number of aliphatic hydroxyl groups excluding tert-OH is 1. The molecule has 2 N–H and O–H groups in total. The molecule has 0 aromatic rings. The Balaban J connectivity index is 2.36. The molecule has 5 nitrogen and oxygen atoms in total. The van der Waals surface area contributed by atoms with E-state index < -0.39 is 17.8 Å². The minimum Gasteiger partial charge on any atom is -0.444 e. The normalized spacial score (nSPS) is 30.2. The maximum atomic E-state index is 11.5. The highest BCUT2D eigenvalue weighted by molar-refractivity contribution is 5.68. The summed E-state index contributed by atoms with van der Waals surface area (Å²) in [5.41, 5.74) is -0.498. The molecule has 0 aromatic carbocycles. The Morgan fingerprint density at radius 3 is 2.44 bits per heavy atom. The molecule has 0 saturated heterocycles. The number of hydrogen-bond donors (Lipinski definition) is 2. The van der Waals surface area contributed by atoms with E-state index in [0.717, 1.165) is 0 Å². The number of methoxy groups -OCH3 is 1. The van der Waals surface area contributed by atoms with Crippen molar-refractivity contribution in [1.82, 2.24) is 5.32 Å². The summed E-state index contributed by atoms with van der Waals surface area (Å²) in [5, 5.41) is 12.3. The first-order valence-corrected chi connectivity index (χ1v) is 5.52. The highest BCUT2D eigenvalue weighted by atomic mass is 16.6. The molecular weight excluding hydrogens is 210 g/mol. The Labute approximate surface area is 96.1 Å². The summed E-state index contributed by atoms with van der Waals surface area (Å²) >= 11 is 0. The minimum atomic E-state index is -0.509. The lowest BCUT2D eigenvalue weighted by Crippen LogP contribution is -2.38. The number of hydrogen-bond acceptors (Lipinski definition) is 4. The zero-order chi connectivity index (χ0) is 12.3. The SMILES string of the molecule is CO[C@H]1C[C@H](NC(=O)OC(C)(C)C)C[C@H]1O. The molecule has 1 aliphatic carbocycles. The zero-order valence-electron chi connectivity index (χ0n) is 10.3. The minimum absolute atomic E-state index is 0.0743. The molecule has 0 spiro atoms. The Kier molecular flexibility index (Phi) is 4.15. The van der Waals surface area contributed by atoms with Crippen LogP contribution in [0.25, 0.3) is 0 Å². The summed E-state index contributed by atoms with van der Waals surface area (Å²) in [6, 6.07) is -0.0743. The number of alkyl carbamates (subject to hydrolysis) is 1. The molecule has 1 rings (SSSR count). The summed E-state index contributed by atoms with van der Waals surface area (Å²) in [6.07, 6.45) is -0.0133. The van der Waals surface area contributed by atoms with Crippen LogP contribution in [0.1, 0.15) is 33.6 Å². The van der Waals surface area contributed by atoms with Crippen molar-refractivity contribution >= 4 is 6.09 Å². The van der Waals surface area contributed by atoms with Gasteiger partial charge >= 0.3 is 6.09 Å². The zero-order valence-corrected chi connectivity index (χ0v) is 10.3. The highest BCUT2D eigenvalue weighted by Crippen LogP contribution is 2.22. The van der Waals surface area contributed by atoms with Crippen LogP contribution in [0.5, 0.6) is 0 Å². The van der Waals surface area contributed by atoms with Crippen LogP contribution in [-0.4, -0.2) is 42.2 Å². The number of carbonyl (C=O) groups excluding carboxylic acids is 1. The summed E-state index contributed by atoms with van der Waals surface area (Å²) in [7, 11) is 1.56. The van der Waals surface area contributed by atoms with Crippen molar-refractivity contribution in [2.45, 2.75) is 57.5 Å². The van der Waals surface area contributed by atoms with Gasteiger partial charge in [-0.05, 0) is 33.6 Å². The van der Waals surface area contributed by atoms with E-state index in [-0.39, 0.29) is 12.1 Å². The molecule has 0 radical (unpaired) electrons. The number of aliphatic hydroxyl groups is 1. The van der Waals surface area contributed by atoms with Gasteiger partial charge in [-0.2, -0.15) is 0 Å². The second-order valence-corrected chi connectivity index (χ2v) is 5.16. The third-order valence-electron chi connectivity index (χ3n) is 2.50. The Hall–Kier alpha value is -0.810. The van der Waals surface area contributed by atoms with Crippen molar-refractivity contribution < 1.29 is 19.4 Å². The van der Waals surface area contributed by atoms with Crippen LogP contribution in [0.2, 0.25) is 0 Å². The second-order valence-electron chi connectivity index (χ2n) is 5.16. The average molecular weight is 231 g/mol. The topological polar surface area (TPSA) is 67.8 Å². The van der Waals surface area contributed by atoms with Crippen LogP contribution in [0.15, 0.2) is 0 Å². The monoisotopic (exact) mass is 231 g/mol. The molecule has 1 amide bonds. The van der Waals surface area contributed by atoms with Gasteiger partial charge in [-0.3, -0.25) is 0 Å². The van der Waals surface area contributed by atoms with Gasteiger partial charge in [0.25, 0.3) is 0 Å². The van der Waals surface area contributed by atoms with Crippen LogP contribution in [-0.2, 0) is 9.47 Å². The average Bonchev–Trinajstić information content (AvgIpc) is 2.42. The first kappa shape index (κ1) is 13.3. The number of nitrogens with one attached hydrogen (secondary N) is 1. The number of carbonyl (C=O) groups is 1. The predicted octanol–water partition coefficient (Wildman–Crippen LogP) is 1.05. The molecule has 0 unspecified atom stereocenters. The summed E-state index contributed by atoms with van der Waals surface area (Å²) < 4.78 is 10.2. The van der Waals surface area contributed by atoms with Gasteiger partial charge in [-0.1, -0.05) is 0 Å². The van der Waals surface area contributed by atoms with E-state index in [4.69, 9.17) is 9.47 Å². The van der Waals surface area contributed by atoms with Gasteiger partial charge in [0.05, 0.1) is 12.2 Å². The summed E-state index contributed by atoms with van der Waals surface area (Å²) in [4.78, 5) is 11.5. The van der Waals surface area contributed by atoms with Crippen molar-refractivity contribution in [3.63, 3.8) is 0 Å². The van der Waals surface area contributed by atoms with Crippen molar-refractivity contribution in [2.75, 3.05) is 7.11 Å². The van der Waals surface area contributed by atoms with E-state index in [9.17, 15) is 9.90 Å². The van der Waals surface area contributed by atoms with E-state index in [1.807, 2.05) is 20.8 Å². The van der Waals surface area contributed by atoms with Crippen molar-refractivity contribution in [1.29, 1.82) is 0 Å². The molecule has 0 aliphatic heterocycles. The largest absolute Gasteiger partial charge is 0.444 e. The molecule has 1 saturated carbocycles. The van der Waals surface area contributed by atoms with E-state index in [1.165, 1.54) is 0 Å². The first-order valence-electron chi connectivity index (χ1n) is 5.52. The Bertz CT molecular complexity index is 249. The van der Waals surface area contributed by atoms with E-state index in [2.05, 4.69) is 5.32 Å². The fraction of sp³-hybridized carbons (Fsp3) is 0.909. The number of ether oxygens (including phenoxy) is 2. The fourth-order valence-corrected chi connectivity index (χ4v) is 1.82. The van der Waals surface area contributed by atoms with Crippen molar-refractivity contribution in [3.8, 4) is 0 Å². The summed E-state index contributed by atoms with van der Waals surface area (Å²) in [6.45, 7) is 5.44. The third kappa shape index (κ3) is 3.98. The van der Waals surface area contributed by atoms with Crippen molar-refractivity contribution in [2.24, 2.45) is 0 Å². The molecule has 0 bridgehead atoms. The third-order valence-corrected chi connectivity index (χ3v) is 2.50. The first-order chi connectivity index (χ1) is 7.31. The van der Waals surface area contributed by atoms with E-state index >= 15 is 0 Å². The Morgan fingerprint density at radius 1 is 1.38 bits per heavy atom. The fourth-order valence-electron chi connectivity index (χ4n) is 1.82. The van der Waals surface area contributed by atoms with Crippen molar-refractivity contribution in [3.05, 3.63) is 0 Å². The van der Waals surface area contributed by atoms with Gasteiger partial charge in [-0.25, -0.2) is 4.79 Å². The molecular formula is C11H21NO4. The van der Waals surface area contributed by atoms with Gasteiger partial charge in [0, 0.05) is 13.2 Å². The quantitative estimate of drug-likeness (QED) is 0.745. The van der Waals surface area contributed by atoms with Crippen LogP contribution >= 0.6 is 0 Å². The molecule has 0 heterocycles. The van der Waals surface area contributed by atoms with Gasteiger partial charge in [-0.15, -0.1) is 0 Å². The van der Waals surface area contributed by atoms with Crippen LogP contribution in [0.4, 0.5) is 4.79 Å². The molecule has 0 aromatic heterocycles. The lowest BCUT2D eigenvalue weighted by atomic mass is 10.2. The maximum Gasteiger partial charge on any atom is 0.407 e. The van der Waals surface area contributed by atoms with E-state index in [1.54, 1.807) is 7.11 Å². The van der Waals surface area contributed by atoms with Crippen LogP contribution in [0.3, 0.4) is 0 Å². The molecule has 3 atom stereocenters. The van der Waals surface area contributed by atoms with Gasteiger partial charge in [0.1, 0.15) is 5.60 Å². The molecule has 1 aliphatic rings. The second kappa shape index (κ2) is 5.01. The van der Waals surface area contributed by atoms with Crippen LogP contribution in [0, 0.1) is 0 Å². The Morgan fingerprint density at radius 2 is 2.00 bits per heavy atom. The number of rotatable bonds is 2. The molecule has 94 valence electrons. The standard InChI is InChI=1S/C11H21NO4/c1-11(2,3)16-10(14)12-7-5-8(13)9(6-7)15-4/h7-9,13H,5-6H2,1-4H3,(H,12,14)/t7-,8-,9+/m1/s1. The molecule has 16 heavy (non-hydrogen) atoms. The van der Waals surface area contributed by atoms with Gasteiger partial charge in [0.15, 0.2) is 0 Å². The highest BCUT2D eigenvalue weighted by Gasteiger charge is 2.34. The predicted molar refractivity (Wildman–Crippen MR) is 59.2 cm³/mol. The summed E-state index contributed by atoms with van der Waals surface area (Å²) in [5.74, 6) is 0. The van der Waals surface area contributed by atoms with Crippen LogP contribution < -0.4 is 5.32 Å². The van der Waals surface area contributed by atoms with Gasteiger partial charge in [0.2, 0.25) is 0 Å². The maximum absolute atomic E-state index is 11.5. The number of amides is 1. The molecule has 1 fully saturated rings.